The van der Waals surface area contributed by atoms with E-state index in [1.165, 1.54) is 6.07 Å². The molecular formula is C13H17F3N2O. The van der Waals surface area contributed by atoms with E-state index in [0.717, 1.165) is 25.1 Å². The first-order valence-corrected chi connectivity index (χ1v) is 6.24. The van der Waals surface area contributed by atoms with Crippen LogP contribution in [0.15, 0.2) is 18.2 Å². The molecule has 1 fully saturated rings. The minimum atomic E-state index is -4.66. The van der Waals surface area contributed by atoms with Crippen LogP contribution in [0.3, 0.4) is 0 Å². The third-order valence-electron chi connectivity index (χ3n) is 3.25. The summed E-state index contributed by atoms with van der Waals surface area (Å²) in [5.41, 5.74) is 1.53. The van der Waals surface area contributed by atoms with E-state index in [2.05, 4.69) is 15.4 Å². The lowest BCUT2D eigenvalue weighted by molar-refractivity contribution is -0.274. The van der Waals surface area contributed by atoms with Gasteiger partial charge in [-0.3, -0.25) is 0 Å². The van der Waals surface area contributed by atoms with Crippen LogP contribution in [-0.4, -0.2) is 26.5 Å². The van der Waals surface area contributed by atoms with Crippen molar-refractivity contribution in [2.75, 3.05) is 20.1 Å². The van der Waals surface area contributed by atoms with Gasteiger partial charge in [-0.25, -0.2) is 0 Å². The van der Waals surface area contributed by atoms with Crippen LogP contribution in [0.25, 0.3) is 0 Å². The number of ether oxygens (including phenoxy) is 1. The van der Waals surface area contributed by atoms with E-state index in [-0.39, 0.29) is 11.7 Å². The van der Waals surface area contributed by atoms with Crippen LogP contribution in [0, 0.1) is 0 Å². The van der Waals surface area contributed by atoms with Gasteiger partial charge in [0.1, 0.15) is 5.75 Å². The van der Waals surface area contributed by atoms with Crippen molar-refractivity contribution in [3.05, 3.63) is 29.3 Å². The van der Waals surface area contributed by atoms with Crippen LogP contribution >= 0.6 is 0 Å². The molecule has 19 heavy (non-hydrogen) atoms. The molecule has 0 aromatic heterocycles. The number of nitrogens with one attached hydrogen (secondary N) is 2. The Bertz CT molecular complexity index is 428. The molecule has 0 spiro atoms. The van der Waals surface area contributed by atoms with Gasteiger partial charge in [0.05, 0.1) is 0 Å². The molecule has 0 radical (unpaired) electrons. The monoisotopic (exact) mass is 274 g/mol. The molecule has 0 bridgehead atoms. The molecule has 6 heteroatoms. The minimum absolute atomic E-state index is 0.105. The molecule has 1 aliphatic heterocycles. The second kappa shape index (κ2) is 5.79. The highest BCUT2D eigenvalue weighted by Gasteiger charge is 2.33. The van der Waals surface area contributed by atoms with Crippen molar-refractivity contribution in [2.24, 2.45) is 0 Å². The van der Waals surface area contributed by atoms with E-state index >= 15 is 0 Å². The summed E-state index contributed by atoms with van der Waals surface area (Å²) in [6.07, 6.45) is -3.72. The Balaban J connectivity index is 2.34. The Morgan fingerprint density at radius 2 is 2.21 bits per heavy atom. The highest BCUT2D eigenvalue weighted by molar-refractivity contribution is 5.42. The zero-order chi connectivity index (χ0) is 13.9. The molecule has 2 rings (SSSR count). The van der Waals surface area contributed by atoms with E-state index in [0.29, 0.717) is 12.1 Å². The first-order chi connectivity index (χ1) is 9.01. The Hall–Kier alpha value is -1.27. The molecule has 1 aliphatic rings. The molecule has 106 valence electrons. The normalized spacial score (nSPS) is 19.7. The summed E-state index contributed by atoms with van der Waals surface area (Å²) in [6, 6.07) is 4.87. The number of hydrogen-bond acceptors (Lipinski definition) is 3. The van der Waals surface area contributed by atoms with Gasteiger partial charge in [0.15, 0.2) is 0 Å². The molecule has 0 amide bonds. The van der Waals surface area contributed by atoms with Gasteiger partial charge in [-0.15, -0.1) is 13.2 Å². The Kier molecular flexibility index (Phi) is 4.31. The maximum atomic E-state index is 12.4. The van der Waals surface area contributed by atoms with Crippen LogP contribution in [0.5, 0.6) is 5.75 Å². The van der Waals surface area contributed by atoms with E-state index in [4.69, 9.17) is 0 Å². The van der Waals surface area contributed by atoms with E-state index in [1.54, 1.807) is 13.1 Å². The van der Waals surface area contributed by atoms with Crippen molar-refractivity contribution >= 4 is 0 Å². The van der Waals surface area contributed by atoms with Gasteiger partial charge in [0.25, 0.3) is 0 Å². The second-order valence-electron chi connectivity index (χ2n) is 4.59. The lowest BCUT2D eigenvalue weighted by Gasteiger charge is -2.19. The van der Waals surface area contributed by atoms with E-state index in [9.17, 15) is 13.2 Å². The Labute approximate surface area is 110 Å². The summed E-state index contributed by atoms with van der Waals surface area (Å²) in [4.78, 5) is 0. The molecule has 0 unspecified atom stereocenters. The number of rotatable bonds is 4. The molecular weight excluding hydrogens is 257 g/mol. The Morgan fingerprint density at radius 1 is 1.42 bits per heavy atom. The molecule has 1 aromatic carbocycles. The number of alkyl halides is 3. The van der Waals surface area contributed by atoms with Crippen molar-refractivity contribution in [1.82, 2.24) is 10.6 Å². The van der Waals surface area contributed by atoms with Crippen LogP contribution in [0.2, 0.25) is 0 Å². The fraction of sp³-hybridized carbons (Fsp3) is 0.538. The number of halogens is 3. The molecule has 3 nitrogen and oxygen atoms in total. The zero-order valence-corrected chi connectivity index (χ0v) is 10.7. The van der Waals surface area contributed by atoms with Gasteiger partial charge in [-0.05, 0) is 37.6 Å². The molecule has 1 heterocycles. The molecule has 0 aliphatic carbocycles. The van der Waals surface area contributed by atoms with Crippen LogP contribution < -0.4 is 15.4 Å². The molecule has 1 atom stereocenters. The summed E-state index contributed by atoms with van der Waals surface area (Å²) in [5.74, 6) is 0.145. The first kappa shape index (κ1) is 14.1. The summed E-state index contributed by atoms with van der Waals surface area (Å²) in [5, 5.41) is 6.13. The van der Waals surface area contributed by atoms with Crippen LogP contribution in [-0.2, 0) is 6.54 Å². The summed E-state index contributed by atoms with van der Waals surface area (Å²) >= 11 is 0. The SMILES string of the molecule is CNCc1c(OC(F)(F)F)cccc1[C@H]1CCNC1. The largest absolute Gasteiger partial charge is 0.573 e. The van der Waals surface area contributed by atoms with Crippen molar-refractivity contribution in [2.45, 2.75) is 25.2 Å². The predicted molar refractivity (Wildman–Crippen MR) is 66.1 cm³/mol. The van der Waals surface area contributed by atoms with Crippen molar-refractivity contribution in [3.8, 4) is 5.75 Å². The van der Waals surface area contributed by atoms with E-state index in [1.807, 2.05) is 6.07 Å². The number of hydrogen-bond donors (Lipinski definition) is 2. The van der Waals surface area contributed by atoms with Crippen LogP contribution in [0.4, 0.5) is 13.2 Å². The summed E-state index contributed by atoms with van der Waals surface area (Å²) in [6.45, 7) is 2.05. The topological polar surface area (TPSA) is 33.3 Å². The smallest absolute Gasteiger partial charge is 0.405 e. The zero-order valence-electron chi connectivity index (χ0n) is 10.7. The first-order valence-electron chi connectivity index (χ1n) is 6.24. The third-order valence-corrected chi connectivity index (χ3v) is 3.25. The molecule has 2 N–H and O–H groups in total. The van der Waals surface area contributed by atoms with Crippen molar-refractivity contribution in [3.63, 3.8) is 0 Å². The minimum Gasteiger partial charge on any atom is -0.405 e. The molecule has 0 saturated carbocycles. The quantitative estimate of drug-likeness (QED) is 0.884. The molecule has 1 saturated heterocycles. The van der Waals surface area contributed by atoms with Gasteiger partial charge in [0, 0.05) is 18.7 Å². The van der Waals surface area contributed by atoms with Gasteiger partial charge >= 0.3 is 6.36 Å². The maximum absolute atomic E-state index is 12.4. The highest BCUT2D eigenvalue weighted by atomic mass is 19.4. The fourth-order valence-corrected chi connectivity index (χ4v) is 2.47. The van der Waals surface area contributed by atoms with E-state index < -0.39 is 6.36 Å². The third kappa shape index (κ3) is 3.61. The lowest BCUT2D eigenvalue weighted by atomic mass is 9.93. The van der Waals surface area contributed by atoms with Crippen molar-refractivity contribution < 1.29 is 17.9 Å². The average Bonchev–Trinajstić information content (AvgIpc) is 2.83. The lowest BCUT2D eigenvalue weighted by Crippen LogP contribution is -2.20. The highest BCUT2D eigenvalue weighted by Crippen LogP contribution is 2.34. The van der Waals surface area contributed by atoms with Crippen LogP contribution in [0.1, 0.15) is 23.5 Å². The fourth-order valence-electron chi connectivity index (χ4n) is 2.47. The maximum Gasteiger partial charge on any atom is 0.573 e. The standard InChI is InChI=1S/C13H17F3N2O/c1-17-8-11-10(9-5-6-18-7-9)3-2-4-12(11)19-13(14,15)16/h2-4,9,17-18H,5-8H2,1H3/t9-/m0/s1. The van der Waals surface area contributed by atoms with Gasteiger partial charge in [0.2, 0.25) is 0 Å². The predicted octanol–water partition coefficient (Wildman–Crippen LogP) is 2.38. The van der Waals surface area contributed by atoms with Gasteiger partial charge < -0.3 is 15.4 Å². The van der Waals surface area contributed by atoms with Gasteiger partial charge in [-0.2, -0.15) is 0 Å². The second-order valence-corrected chi connectivity index (χ2v) is 4.59. The summed E-state index contributed by atoms with van der Waals surface area (Å²) in [7, 11) is 1.71. The Morgan fingerprint density at radius 3 is 2.79 bits per heavy atom. The van der Waals surface area contributed by atoms with Crippen molar-refractivity contribution in [1.29, 1.82) is 0 Å². The number of benzene rings is 1. The summed E-state index contributed by atoms with van der Waals surface area (Å²) < 4.78 is 41.4. The molecule has 1 aromatic rings. The average molecular weight is 274 g/mol. The van der Waals surface area contributed by atoms with Gasteiger partial charge in [-0.1, -0.05) is 12.1 Å².